The van der Waals surface area contributed by atoms with Gasteiger partial charge in [0.1, 0.15) is 0 Å². The number of methoxy groups -OCH3 is 1. The summed E-state index contributed by atoms with van der Waals surface area (Å²) >= 11 is 0. The lowest BCUT2D eigenvalue weighted by Crippen LogP contribution is -2.01. The Morgan fingerprint density at radius 2 is 2.21 bits per heavy atom. The van der Waals surface area contributed by atoms with Crippen LogP contribution in [0.15, 0.2) is 30.6 Å². The topological polar surface area (TPSA) is 39.1 Å². The van der Waals surface area contributed by atoms with Crippen molar-refractivity contribution in [3.05, 3.63) is 42.0 Å². The minimum absolute atomic E-state index is 0.239. The average Bonchev–Trinajstić information content (AvgIpc) is 2.87. The van der Waals surface area contributed by atoms with Crippen LogP contribution in [-0.2, 0) is 6.54 Å². The van der Waals surface area contributed by atoms with Gasteiger partial charge in [0.05, 0.1) is 13.3 Å². The highest BCUT2D eigenvalue weighted by Crippen LogP contribution is 2.21. The molecule has 0 bridgehead atoms. The van der Waals surface area contributed by atoms with E-state index in [1.165, 1.54) is 13.2 Å². The van der Waals surface area contributed by atoms with Gasteiger partial charge in [-0.2, -0.15) is 5.10 Å². The van der Waals surface area contributed by atoms with Crippen LogP contribution in [0.1, 0.15) is 25.5 Å². The number of anilines is 1. The van der Waals surface area contributed by atoms with Gasteiger partial charge in [-0.3, -0.25) is 4.68 Å². The molecule has 0 spiro atoms. The van der Waals surface area contributed by atoms with Crippen molar-refractivity contribution in [2.24, 2.45) is 0 Å². The summed E-state index contributed by atoms with van der Waals surface area (Å²) in [5.41, 5.74) is 1.90. The first-order valence-electron chi connectivity index (χ1n) is 6.20. The van der Waals surface area contributed by atoms with Crippen molar-refractivity contribution in [1.29, 1.82) is 0 Å². The SMILES string of the molecule is COc1cc(NCc2cnn(C(C)C)c2)ccc1F. The third-order valence-electron chi connectivity index (χ3n) is 2.83. The lowest BCUT2D eigenvalue weighted by Gasteiger charge is -2.08. The number of hydrogen-bond acceptors (Lipinski definition) is 3. The van der Waals surface area contributed by atoms with Crippen LogP contribution < -0.4 is 10.1 Å². The van der Waals surface area contributed by atoms with Crippen molar-refractivity contribution in [2.75, 3.05) is 12.4 Å². The van der Waals surface area contributed by atoms with Gasteiger partial charge in [0.25, 0.3) is 0 Å². The highest BCUT2D eigenvalue weighted by molar-refractivity contribution is 5.49. The molecule has 1 aromatic heterocycles. The summed E-state index contributed by atoms with van der Waals surface area (Å²) in [6.45, 7) is 4.80. The molecular weight excluding hydrogens is 245 g/mol. The molecular formula is C14H18FN3O. The number of halogens is 1. The van der Waals surface area contributed by atoms with Crippen LogP contribution in [0.25, 0.3) is 0 Å². The van der Waals surface area contributed by atoms with Crippen LogP contribution in [0.4, 0.5) is 10.1 Å². The molecule has 19 heavy (non-hydrogen) atoms. The molecule has 1 N–H and O–H groups in total. The maximum absolute atomic E-state index is 13.3. The summed E-state index contributed by atoms with van der Waals surface area (Å²) in [7, 11) is 1.45. The molecule has 0 fully saturated rings. The number of rotatable bonds is 5. The number of nitrogens with one attached hydrogen (secondary N) is 1. The maximum Gasteiger partial charge on any atom is 0.165 e. The summed E-state index contributed by atoms with van der Waals surface area (Å²) in [6, 6.07) is 5.06. The van der Waals surface area contributed by atoms with Crippen molar-refractivity contribution in [1.82, 2.24) is 9.78 Å². The molecule has 0 saturated carbocycles. The predicted octanol–water partition coefficient (Wildman–Crippen LogP) is 3.22. The molecule has 0 amide bonds. The second-order valence-electron chi connectivity index (χ2n) is 4.63. The fourth-order valence-corrected chi connectivity index (χ4v) is 1.72. The van der Waals surface area contributed by atoms with Gasteiger partial charge in [0.15, 0.2) is 11.6 Å². The molecule has 0 atom stereocenters. The summed E-state index contributed by atoms with van der Waals surface area (Å²) < 4.78 is 20.1. The van der Waals surface area contributed by atoms with Gasteiger partial charge < -0.3 is 10.1 Å². The number of aromatic nitrogens is 2. The molecule has 0 aliphatic heterocycles. The smallest absolute Gasteiger partial charge is 0.165 e. The highest BCUT2D eigenvalue weighted by atomic mass is 19.1. The van der Waals surface area contributed by atoms with Gasteiger partial charge >= 0.3 is 0 Å². The third kappa shape index (κ3) is 3.24. The zero-order chi connectivity index (χ0) is 13.8. The van der Waals surface area contributed by atoms with Crippen LogP contribution in [0.3, 0.4) is 0 Å². The minimum atomic E-state index is -0.360. The van der Waals surface area contributed by atoms with Gasteiger partial charge in [-0.1, -0.05) is 0 Å². The summed E-state index contributed by atoms with van der Waals surface area (Å²) in [5.74, 6) is -0.122. The molecule has 0 aliphatic carbocycles. The molecule has 5 heteroatoms. The molecule has 0 aliphatic rings. The molecule has 102 valence electrons. The van der Waals surface area contributed by atoms with E-state index in [-0.39, 0.29) is 11.6 Å². The van der Waals surface area contributed by atoms with E-state index in [0.29, 0.717) is 12.6 Å². The standard InChI is InChI=1S/C14H18FN3O/c1-10(2)18-9-11(8-17-18)7-16-12-4-5-13(15)14(6-12)19-3/h4-6,8-10,16H,7H2,1-3H3. The molecule has 1 aromatic carbocycles. The first-order valence-corrected chi connectivity index (χ1v) is 6.20. The highest BCUT2D eigenvalue weighted by Gasteiger charge is 2.05. The number of nitrogens with zero attached hydrogens (tertiary/aromatic N) is 2. The average molecular weight is 263 g/mol. The first-order chi connectivity index (χ1) is 9.10. The zero-order valence-corrected chi connectivity index (χ0v) is 11.4. The van der Waals surface area contributed by atoms with Gasteiger partial charge in [0.2, 0.25) is 0 Å². The van der Waals surface area contributed by atoms with Crippen molar-refractivity contribution in [2.45, 2.75) is 26.4 Å². The van der Waals surface area contributed by atoms with Crippen LogP contribution in [0, 0.1) is 5.82 Å². The Balaban J connectivity index is 2.01. The molecule has 2 rings (SSSR count). The van der Waals surface area contributed by atoms with Gasteiger partial charge in [-0.05, 0) is 26.0 Å². The third-order valence-corrected chi connectivity index (χ3v) is 2.83. The van der Waals surface area contributed by atoms with Crippen LogP contribution in [-0.4, -0.2) is 16.9 Å². The molecule has 2 aromatic rings. The van der Waals surface area contributed by atoms with E-state index in [1.807, 2.05) is 17.1 Å². The zero-order valence-electron chi connectivity index (χ0n) is 11.4. The van der Waals surface area contributed by atoms with Gasteiger partial charge in [-0.15, -0.1) is 0 Å². The Morgan fingerprint density at radius 3 is 2.84 bits per heavy atom. The quantitative estimate of drug-likeness (QED) is 0.900. The molecule has 4 nitrogen and oxygen atoms in total. The van der Waals surface area contributed by atoms with Crippen molar-refractivity contribution in [3.8, 4) is 5.75 Å². The molecule has 0 unspecified atom stereocenters. The number of ether oxygens (including phenoxy) is 1. The van der Waals surface area contributed by atoms with E-state index in [1.54, 1.807) is 12.1 Å². The lowest BCUT2D eigenvalue weighted by molar-refractivity contribution is 0.387. The van der Waals surface area contributed by atoms with Crippen molar-refractivity contribution < 1.29 is 9.13 Å². The predicted molar refractivity (Wildman–Crippen MR) is 72.9 cm³/mol. The van der Waals surface area contributed by atoms with Crippen molar-refractivity contribution in [3.63, 3.8) is 0 Å². The monoisotopic (exact) mass is 263 g/mol. The minimum Gasteiger partial charge on any atom is -0.494 e. The second-order valence-corrected chi connectivity index (χ2v) is 4.63. The largest absolute Gasteiger partial charge is 0.494 e. The Hall–Kier alpha value is -2.04. The Labute approximate surface area is 112 Å². The molecule has 0 saturated heterocycles. The van der Waals surface area contributed by atoms with E-state index >= 15 is 0 Å². The van der Waals surface area contributed by atoms with Crippen LogP contribution >= 0.6 is 0 Å². The number of hydrogen-bond donors (Lipinski definition) is 1. The first kappa shape index (κ1) is 13.4. The Bertz CT molecular complexity index is 551. The maximum atomic E-state index is 13.3. The Morgan fingerprint density at radius 1 is 1.42 bits per heavy atom. The van der Waals surface area contributed by atoms with E-state index in [9.17, 15) is 4.39 Å². The van der Waals surface area contributed by atoms with E-state index in [4.69, 9.17) is 4.74 Å². The lowest BCUT2D eigenvalue weighted by atomic mass is 10.2. The van der Waals surface area contributed by atoms with Crippen LogP contribution in [0.5, 0.6) is 5.75 Å². The normalized spacial score (nSPS) is 10.8. The molecule has 1 heterocycles. The van der Waals surface area contributed by atoms with E-state index in [2.05, 4.69) is 24.3 Å². The second kappa shape index (κ2) is 5.73. The summed E-state index contributed by atoms with van der Waals surface area (Å²) in [6.07, 6.45) is 3.83. The number of benzene rings is 1. The van der Waals surface area contributed by atoms with Crippen molar-refractivity contribution >= 4 is 5.69 Å². The fraction of sp³-hybridized carbons (Fsp3) is 0.357. The van der Waals surface area contributed by atoms with Crippen LogP contribution in [0.2, 0.25) is 0 Å². The van der Waals surface area contributed by atoms with Gasteiger partial charge in [-0.25, -0.2) is 4.39 Å². The van der Waals surface area contributed by atoms with E-state index < -0.39 is 0 Å². The Kier molecular flexibility index (Phi) is 4.04. The summed E-state index contributed by atoms with van der Waals surface area (Å²) in [4.78, 5) is 0. The van der Waals surface area contributed by atoms with E-state index in [0.717, 1.165) is 11.3 Å². The molecule has 0 radical (unpaired) electrons. The van der Waals surface area contributed by atoms with Gasteiger partial charge in [0, 0.05) is 36.1 Å². The summed E-state index contributed by atoms with van der Waals surface area (Å²) in [5, 5.41) is 7.48. The fourth-order valence-electron chi connectivity index (χ4n) is 1.72.